The molecule has 3 rings (SSSR count). The average molecular weight is 496 g/mol. The molecule has 3 aromatic rings. The Morgan fingerprint density at radius 3 is 2.37 bits per heavy atom. The van der Waals surface area contributed by atoms with Crippen LogP contribution in [0.3, 0.4) is 0 Å². The van der Waals surface area contributed by atoms with Crippen molar-refractivity contribution in [1.29, 1.82) is 0 Å². The van der Waals surface area contributed by atoms with E-state index in [0.29, 0.717) is 33.1 Å². The van der Waals surface area contributed by atoms with Crippen molar-refractivity contribution in [2.45, 2.75) is 10.9 Å². The SMILES string of the molecule is COc1cccc(C(NS(=O)(=O)c2cc(OC)c(OC)cc2Br)c2nccn2C)c1. The molecule has 0 aliphatic rings. The molecule has 8 nitrogen and oxygen atoms in total. The summed E-state index contributed by atoms with van der Waals surface area (Å²) in [4.78, 5) is 4.36. The Labute approximate surface area is 184 Å². The lowest BCUT2D eigenvalue weighted by Crippen LogP contribution is -2.31. The molecule has 30 heavy (non-hydrogen) atoms. The standard InChI is InChI=1S/C20H22BrN3O5S/c1-24-9-8-22-20(24)19(13-6-5-7-14(10-13)27-2)23-30(25,26)18-12-17(29-4)16(28-3)11-15(18)21/h5-12,19,23H,1-4H3. The van der Waals surface area contributed by atoms with Crippen LogP contribution in [0.4, 0.5) is 0 Å². The van der Waals surface area contributed by atoms with Gasteiger partial charge in [-0.15, -0.1) is 0 Å². The summed E-state index contributed by atoms with van der Waals surface area (Å²) in [6.07, 6.45) is 3.37. The second-order valence-electron chi connectivity index (χ2n) is 6.36. The topological polar surface area (TPSA) is 91.7 Å². The first-order valence-corrected chi connectivity index (χ1v) is 11.1. The highest BCUT2D eigenvalue weighted by molar-refractivity contribution is 9.10. The van der Waals surface area contributed by atoms with Gasteiger partial charge in [0, 0.05) is 30.0 Å². The number of halogens is 1. The molecule has 1 heterocycles. The Bertz CT molecular complexity index is 1150. The molecule has 1 atom stereocenters. The minimum atomic E-state index is -3.98. The molecule has 1 aromatic heterocycles. The van der Waals surface area contributed by atoms with E-state index in [9.17, 15) is 8.42 Å². The van der Waals surface area contributed by atoms with Crippen molar-refractivity contribution in [3.63, 3.8) is 0 Å². The number of nitrogens with zero attached hydrogens (tertiary/aromatic N) is 2. The molecule has 2 aromatic carbocycles. The first-order chi connectivity index (χ1) is 14.3. The smallest absolute Gasteiger partial charge is 0.242 e. The van der Waals surface area contributed by atoms with Crippen LogP contribution in [0.15, 0.2) is 58.2 Å². The van der Waals surface area contributed by atoms with Gasteiger partial charge in [-0.2, -0.15) is 4.72 Å². The van der Waals surface area contributed by atoms with Crippen molar-refractivity contribution in [2.75, 3.05) is 21.3 Å². The molecule has 0 saturated heterocycles. The second kappa shape index (κ2) is 9.07. The highest BCUT2D eigenvalue weighted by atomic mass is 79.9. The van der Waals surface area contributed by atoms with E-state index in [4.69, 9.17) is 14.2 Å². The maximum atomic E-state index is 13.4. The van der Waals surface area contributed by atoms with Crippen molar-refractivity contribution in [2.24, 2.45) is 7.05 Å². The van der Waals surface area contributed by atoms with Crippen LogP contribution in [-0.4, -0.2) is 39.3 Å². The largest absolute Gasteiger partial charge is 0.497 e. The molecule has 10 heteroatoms. The van der Waals surface area contributed by atoms with Gasteiger partial charge in [-0.1, -0.05) is 12.1 Å². The first kappa shape index (κ1) is 22.1. The zero-order chi connectivity index (χ0) is 21.9. The lowest BCUT2D eigenvalue weighted by molar-refractivity contribution is 0.353. The highest BCUT2D eigenvalue weighted by Gasteiger charge is 2.28. The number of hydrogen-bond donors (Lipinski definition) is 1. The summed E-state index contributed by atoms with van der Waals surface area (Å²) in [6.45, 7) is 0. The molecule has 0 aliphatic carbocycles. The number of benzene rings is 2. The van der Waals surface area contributed by atoms with Crippen molar-refractivity contribution < 1.29 is 22.6 Å². The third kappa shape index (κ3) is 4.45. The summed E-state index contributed by atoms with van der Waals surface area (Å²) in [6, 6.07) is 9.38. The molecule has 0 aliphatic heterocycles. The molecule has 1 N–H and O–H groups in total. The van der Waals surface area contributed by atoms with Gasteiger partial charge in [-0.3, -0.25) is 0 Å². The van der Waals surface area contributed by atoms with Gasteiger partial charge in [0.05, 0.1) is 21.3 Å². The molecule has 0 fully saturated rings. The van der Waals surface area contributed by atoms with E-state index in [1.807, 2.05) is 6.07 Å². The monoisotopic (exact) mass is 495 g/mol. The number of aromatic nitrogens is 2. The van der Waals surface area contributed by atoms with Gasteiger partial charge in [0.25, 0.3) is 0 Å². The van der Waals surface area contributed by atoms with Gasteiger partial charge in [-0.05, 0) is 39.7 Å². The molecular formula is C20H22BrN3O5S. The van der Waals surface area contributed by atoms with Gasteiger partial charge in [-0.25, -0.2) is 13.4 Å². The van der Waals surface area contributed by atoms with E-state index >= 15 is 0 Å². The number of aryl methyl sites for hydroxylation is 1. The summed E-state index contributed by atoms with van der Waals surface area (Å²) in [5.74, 6) is 1.86. The minimum Gasteiger partial charge on any atom is -0.497 e. The fourth-order valence-electron chi connectivity index (χ4n) is 3.01. The number of sulfonamides is 1. The minimum absolute atomic E-state index is 0.0160. The molecule has 1 unspecified atom stereocenters. The van der Waals surface area contributed by atoms with Gasteiger partial charge >= 0.3 is 0 Å². The molecule has 0 amide bonds. The van der Waals surface area contributed by atoms with E-state index in [1.54, 1.807) is 55.4 Å². The van der Waals surface area contributed by atoms with Gasteiger partial charge in [0.1, 0.15) is 22.5 Å². The Morgan fingerprint density at radius 2 is 1.77 bits per heavy atom. The molecule has 0 saturated carbocycles. The Kier molecular flexibility index (Phi) is 6.69. The third-order valence-electron chi connectivity index (χ3n) is 4.54. The van der Waals surface area contributed by atoms with Crippen molar-refractivity contribution in [3.8, 4) is 17.2 Å². The van der Waals surface area contributed by atoms with Crippen LogP contribution in [0, 0.1) is 0 Å². The van der Waals surface area contributed by atoms with Crippen molar-refractivity contribution in [1.82, 2.24) is 14.3 Å². The Hall–Kier alpha value is -2.56. The lowest BCUT2D eigenvalue weighted by Gasteiger charge is -2.21. The second-order valence-corrected chi connectivity index (χ2v) is 8.90. The molecule has 160 valence electrons. The molecule has 0 spiro atoms. The Balaban J connectivity index is 2.09. The third-order valence-corrected chi connectivity index (χ3v) is 6.93. The van der Waals surface area contributed by atoms with Crippen LogP contribution in [0.5, 0.6) is 17.2 Å². The number of hydrogen-bond acceptors (Lipinski definition) is 6. The number of nitrogens with one attached hydrogen (secondary N) is 1. The number of methoxy groups -OCH3 is 3. The molecule has 0 radical (unpaired) electrons. The maximum absolute atomic E-state index is 13.4. The summed E-state index contributed by atoms with van der Waals surface area (Å²) < 4.78 is 47.4. The van der Waals surface area contributed by atoms with E-state index in [1.165, 1.54) is 20.3 Å². The van der Waals surface area contributed by atoms with Gasteiger partial charge < -0.3 is 18.8 Å². The average Bonchev–Trinajstić information content (AvgIpc) is 3.17. The quantitative estimate of drug-likeness (QED) is 0.515. The molecular weight excluding hydrogens is 474 g/mol. The fraction of sp³-hybridized carbons (Fsp3) is 0.250. The van der Waals surface area contributed by atoms with Crippen LogP contribution >= 0.6 is 15.9 Å². The van der Waals surface area contributed by atoms with Crippen LogP contribution in [0.25, 0.3) is 0 Å². The van der Waals surface area contributed by atoms with E-state index in [2.05, 4.69) is 25.6 Å². The van der Waals surface area contributed by atoms with Crippen LogP contribution < -0.4 is 18.9 Å². The van der Waals surface area contributed by atoms with Gasteiger partial charge in [0.15, 0.2) is 11.5 Å². The summed E-state index contributed by atoms with van der Waals surface area (Å²) >= 11 is 3.32. The van der Waals surface area contributed by atoms with Crippen molar-refractivity contribution >= 4 is 26.0 Å². The number of imidazole rings is 1. The lowest BCUT2D eigenvalue weighted by atomic mass is 10.1. The summed E-state index contributed by atoms with van der Waals surface area (Å²) in [5, 5.41) is 0. The zero-order valence-electron chi connectivity index (χ0n) is 16.9. The van der Waals surface area contributed by atoms with Crippen LogP contribution in [0.1, 0.15) is 17.4 Å². The van der Waals surface area contributed by atoms with Crippen LogP contribution in [-0.2, 0) is 17.1 Å². The van der Waals surface area contributed by atoms with Crippen molar-refractivity contribution in [3.05, 3.63) is 64.7 Å². The predicted molar refractivity (Wildman–Crippen MR) is 116 cm³/mol. The highest BCUT2D eigenvalue weighted by Crippen LogP contribution is 2.36. The fourth-order valence-corrected chi connectivity index (χ4v) is 5.22. The van der Waals surface area contributed by atoms with E-state index < -0.39 is 16.1 Å². The van der Waals surface area contributed by atoms with E-state index in [0.717, 1.165) is 0 Å². The predicted octanol–water partition coefficient (Wildman–Crippen LogP) is 3.28. The first-order valence-electron chi connectivity index (χ1n) is 8.85. The summed E-state index contributed by atoms with van der Waals surface area (Å²) in [7, 11) is 2.30. The number of ether oxygens (including phenoxy) is 3. The van der Waals surface area contributed by atoms with Gasteiger partial charge in [0.2, 0.25) is 10.0 Å². The molecule has 0 bridgehead atoms. The normalized spacial score (nSPS) is 12.4. The maximum Gasteiger partial charge on any atom is 0.242 e. The van der Waals surface area contributed by atoms with E-state index in [-0.39, 0.29) is 4.90 Å². The Morgan fingerprint density at radius 1 is 1.07 bits per heavy atom. The number of rotatable bonds is 8. The zero-order valence-corrected chi connectivity index (χ0v) is 19.3. The summed E-state index contributed by atoms with van der Waals surface area (Å²) in [5.41, 5.74) is 0.684. The van der Waals surface area contributed by atoms with Crippen LogP contribution in [0.2, 0.25) is 0 Å².